The number of aromatic nitrogens is 4. The van der Waals surface area contributed by atoms with E-state index in [0.717, 1.165) is 27.4 Å². The molecule has 3 aromatic rings. The van der Waals surface area contributed by atoms with E-state index in [9.17, 15) is 0 Å². The number of pyridine rings is 1. The van der Waals surface area contributed by atoms with Crippen molar-refractivity contribution in [3.05, 3.63) is 29.5 Å². The number of imidazole rings is 1. The van der Waals surface area contributed by atoms with Gasteiger partial charge in [-0.05, 0) is 18.6 Å². The highest BCUT2D eigenvalue weighted by atomic mass is 32.1. The third kappa shape index (κ3) is 1.41. The number of rotatable bonds is 1. The van der Waals surface area contributed by atoms with Gasteiger partial charge in [0, 0.05) is 12.4 Å². The summed E-state index contributed by atoms with van der Waals surface area (Å²) < 4.78 is 0. The smallest absolute Gasteiger partial charge is 0.178 e. The first-order valence-corrected chi connectivity index (χ1v) is 5.42. The SMILES string of the molecule is Cc1cnc2nc(-c3cncs3)[nH]c2c1. The van der Waals surface area contributed by atoms with Crippen molar-refractivity contribution in [2.75, 3.05) is 0 Å². The molecule has 0 saturated heterocycles. The molecule has 0 aliphatic heterocycles. The monoisotopic (exact) mass is 216 g/mol. The lowest BCUT2D eigenvalue weighted by molar-refractivity contribution is 1.28. The van der Waals surface area contributed by atoms with E-state index in [0.29, 0.717) is 0 Å². The van der Waals surface area contributed by atoms with Gasteiger partial charge in [0.25, 0.3) is 0 Å². The summed E-state index contributed by atoms with van der Waals surface area (Å²) in [7, 11) is 0. The molecule has 3 aromatic heterocycles. The van der Waals surface area contributed by atoms with Crippen molar-refractivity contribution in [3.8, 4) is 10.7 Å². The van der Waals surface area contributed by atoms with E-state index in [-0.39, 0.29) is 0 Å². The summed E-state index contributed by atoms with van der Waals surface area (Å²) in [6.07, 6.45) is 3.62. The van der Waals surface area contributed by atoms with Gasteiger partial charge in [-0.3, -0.25) is 4.98 Å². The molecule has 0 bridgehead atoms. The van der Waals surface area contributed by atoms with Crippen molar-refractivity contribution >= 4 is 22.5 Å². The number of aryl methyl sites for hydroxylation is 1. The van der Waals surface area contributed by atoms with Gasteiger partial charge in [0.05, 0.1) is 15.9 Å². The molecule has 15 heavy (non-hydrogen) atoms. The average molecular weight is 216 g/mol. The Morgan fingerprint density at radius 3 is 3.07 bits per heavy atom. The van der Waals surface area contributed by atoms with E-state index < -0.39 is 0 Å². The van der Waals surface area contributed by atoms with Gasteiger partial charge >= 0.3 is 0 Å². The Hall–Kier alpha value is -1.75. The van der Waals surface area contributed by atoms with Crippen LogP contribution in [0, 0.1) is 6.92 Å². The second kappa shape index (κ2) is 3.13. The molecule has 0 saturated carbocycles. The summed E-state index contributed by atoms with van der Waals surface area (Å²) >= 11 is 1.56. The highest BCUT2D eigenvalue weighted by Gasteiger charge is 2.06. The van der Waals surface area contributed by atoms with E-state index in [1.165, 1.54) is 0 Å². The van der Waals surface area contributed by atoms with Gasteiger partial charge in [-0.25, -0.2) is 9.97 Å². The molecule has 3 rings (SSSR count). The second-order valence-corrected chi connectivity index (χ2v) is 4.22. The Morgan fingerprint density at radius 1 is 1.33 bits per heavy atom. The van der Waals surface area contributed by atoms with Crippen LogP contribution in [0.3, 0.4) is 0 Å². The van der Waals surface area contributed by atoms with E-state index >= 15 is 0 Å². The van der Waals surface area contributed by atoms with E-state index in [1.54, 1.807) is 23.0 Å². The molecule has 0 aromatic carbocycles. The molecule has 0 radical (unpaired) electrons. The number of thiazole rings is 1. The van der Waals surface area contributed by atoms with Gasteiger partial charge in [-0.1, -0.05) is 0 Å². The van der Waals surface area contributed by atoms with E-state index in [2.05, 4.69) is 19.9 Å². The van der Waals surface area contributed by atoms with Crippen LogP contribution in [0.2, 0.25) is 0 Å². The number of hydrogen-bond acceptors (Lipinski definition) is 4. The lowest BCUT2D eigenvalue weighted by atomic mass is 10.3. The summed E-state index contributed by atoms with van der Waals surface area (Å²) in [5.74, 6) is 0.839. The summed E-state index contributed by atoms with van der Waals surface area (Å²) in [5.41, 5.74) is 4.64. The number of H-pyrrole nitrogens is 1. The number of nitrogens with zero attached hydrogens (tertiary/aromatic N) is 3. The van der Waals surface area contributed by atoms with Crippen molar-refractivity contribution in [2.45, 2.75) is 6.92 Å². The van der Waals surface area contributed by atoms with Gasteiger partial charge in [-0.2, -0.15) is 0 Å². The average Bonchev–Trinajstić information content (AvgIpc) is 2.84. The predicted molar refractivity (Wildman–Crippen MR) is 59.7 cm³/mol. The number of aromatic amines is 1. The van der Waals surface area contributed by atoms with Gasteiger partial charge in [-0.15, -0.1) is 11.3 Å². The lowest BCUT2D eigenvalue weighted by Crippen LogP contribution is -1.77. The summed E-state index contributed by atoms with van der Waals surface area (Å²) in [5, 5.41) is 0. The molecule has 0 spiro atoms. The lowest BCUT2D eigenvalue weighted by Gasteiger charge is -1.88. The highest BCUT2D eigenvalue weighted by Crippen LogP contribution is 2.22. The van der Waals surface area contributed by atoms with Crippen molar-refractivity contribution in [3.63, 3.8) is 0 Å². The van der Waals surface area contributed by atoms with Crippen LogP contribution in [-0.2, 0) is 0 Å². The molecule has 0 fully saturated rings. The fourth-order valence-electron chi connectivity index (χ4n) is 1.45. The maximum absolute atomic E-state index is 4.40. The standard InChI is InChI=1S/C10H8N4S/c1-6-2-7-9(12-3-6)14-10(13-7)8-4-11-5-15-8/h2-5H,1H3,(H,12,13,14). The molecule has 0 aliphatic rings. The Kier molecular flexibility index (Phi) is 1.78. The maximum Gasteiger partial charge on any atom is 0.178 e. The fourth-order valence-corrected chi connectivity index (χ4v) is 2.02. The number of nitrogens with one attached hydrogen (secondary N) is 1. The minimum atomic E-state index is 0.754. The third-order valence-corrected chi connectivity index (χ3v) is 2.92. The first-order chi connectivity index (χ1) is 7.33. The topological polar surface area (TPSA) is 54.5 Å². The zero-order valence-corrected chi connectivity index (χ0v) is 8.88. The van der Waals surface area contributed by atoms with Gasteiger partial charge in [0.2, 0.25) is 0 Å². The van der Waals surface area contributed by atoms with Crippen LogP contribution in [0.5, 0.6) is 0 Å². The maximum atomic E-state index is 4.40. The van der Waals surface area contributed by atoms with Gasteiger partial charge in [0.1, 0.15) is 0 Å². The number of fused-ring (bicyclic) bond motifs is 1. The third-order valence-electron chi connectivity index (χ3n) is 2.14. The van der Waals surface area contributed by atoms with Crippen LogP contribution in [0.25, 0.3) is 21.9 Å². The summed E-state index contributed by atoms with van der Waals surface area (Å²) in [6.45, 7) is 2.01. The molecule has 5 heteroatoms. The first kappa shape index (κ1) is 8.55. The van der Waals surface area contributed by atoms with Crippen LogP contribution in [0.1, 0.15) is 5.56 Å². The van der Waals surface area contributed by atoms with Gasteiger partial charge < -0.3 is 4.98 Å². The molecule has 0 amide bonds. The minimum absolute atomic E-state index is 0.754. The molecule has 0 aliphatic carbocycles. The normalized spacial score (nSPS) is 11.0. The second-order valence-electron chi connectivity index (χ2n) is 3.33. The molecular formula is C10H8N4S. The van der Waals surface area contributed by atoms with Crippen LogP contribution in [0.4, 0.5) is 0 Å². The number of hydrogen-bond donors (Lipinski definition) is 1. The molecule has 0 atom stereocenters. The Balaban J connectivity index is 2.22. The van der Waals surface area contributed by atoms with Crippen LogP contribution < -0.4 is 0 Å². The van der Waals surface area contributed by atoms with Crippen molar-refractivity contribution in [1.82, 2.24) is 19.9 Å². The fraction of sp³-hybridized carbons (Fsp3) is 0.100. The highest BCUT2D eigenvalue weighted by molar-refractivity contribution is 7.13. The van der Waals surface area contributed by atoms with Crippen LogP contribution >= 0.6 is 11.3 Å². The zero-order chi connectivity index (χ0) is 10.3. The molecule has 3 heterocycles. The Morgan fingerprint density at radius 2 is 2.27 bits per heavy atom. The molecule has 0 unspecified atom stereocenters. The largest absolute Gasteiger partial charge is 0.336 e. The Bertz CT molecular complexity index is 597. The zero-order valence-electron chi connectivity index (χ0n) is 8.06. The molecular weight excluding hydrogens is 208 g/mol. The van der Waals surface area contributed by atoms with Crippen LogP contribution in [-0.4, -0.2) is 19.9 Å². The summed E-state index contributed by atoms with van der Waals surface area (Å²) in [4.78, 5) is 16.9. The van der Waals surface area contributed by atoms with Crippen molar-refractivity contribution in [1.29, 1.82) is 0 Å². The van der Waals surface area contributed by atoms with E-state index in [4.69, 9.17) is 0 Å². The van der Waals surface area contributed by atoms with Crippen LogP contribution in [0.15, 0.2) is 24.0 Å². The predicted octanol–water partition coefficient (Wildman–Crippen LogP) is 2.39. The van der Waals surface area contributed by atoms with Gasteiger partial charge in [0.15, 0.2) is 11.5 Å². The quantitative estimate of drug-likeness (QED) is 0.679. The van der Waals surface area contributed by atoms with E-state index in [1.807, 2.05) is 19.2 Å². The van der Waals surface area contributed by atoms with Crippen molar-refractivity contribution < 1.29 is 0 Å². The minimum Gasteiger partial charge on any atom is -0.336 e. The molecule has 4 nitrogen and oxygen atoms in total. The Labute approximate surface area is 90.0 Å². The van der Waals surface area contributed by atoms with Crippen molar-refractivity contribution in [2.24, 2.45) is 0 Å². The first-order valence-electron chi connectivity index (χ1n) is 4.54. The molecule has 1 N–H and O–H groups in total. The molecule has 74 valence electrons. The summed E-state index contributed by atoms with van der Waals surface area (Å²) in [6, 6.07) is 2.04.